The lowest BCUT2D eigenvalue weighted by Crippen LogP contribution is -2.74. The molecule has 0 aliphatic heterocycles. The van der Waals surface area contributed by atoms with Gasteiger partial charge in [0.2, 0.25) is 0 Å². The lowest BCUT2D eigenvalue weighted by Gasteiger charge is -2.42. The highest BCUT2D eigenvalue weighted by Gasteiger charge is 2.95. The van der Waals surface area contributed by atoms with Crippen molar-refractivity contribution in [2.24, 2.45) is 0 Å². The van der Waals surface area contributed by atoms with E-state index in [4.69, 9.17) is 0 Å². The SMILES string of the molecule is FC(F)(F)C(F)(F)C(F)(F)C(F)(F)C(F)(F)C(F)(F)C(F)(F)C(F)(F)c1cnc[nH]1. The zero-order valence-electron chi connectivity index (χ0n) is 13.0. The monoisotopic (exact) mass is 486 g/mol. The Hall–Kier alpha value is -1.98. The van der Waals surface area contributed by atoms with Crippen molar-refractivity contribution in [1.29, 1.82) is 0 Å². The van der Waals surface area contributed by atoms with E-state index in [0.29, 0.717) is 0 Å². The number of imidazole rings is 1. The maximum Gasteiger partial charge on any atom is 0.460 e. The molecule has 0 saturated carbocycles. The van der Waals surface area contributed by atoms with Gasteiger partial charge in [0, 0.05) is 0 Å². The van der Waals surface area contributed by atoms with Crippen LogP contribution in [0.5, 0.6) is 0 Å². The average molecular weight is 486 g/mol. The zero-order chi connectivity index (χ0) is 24.4. The van der Waals surface area contributed by atoms with E-state index in [1.807, 2.05) is 0 Å². The number of H-pyrrole nitrogens is 1. The number of hydrogen-bond donors (Lipinski definition) is 1. The predicted octanol–water partition coefficient (Wildman–Crippen LogP) is 5.88. The molecule has 0 unspecified atom stereocenters. The number of nitrogens with one attached hydrogen (secondary N) is 1. The molecule has 0 atom stereocenters. The highest BCUT2D eigenvalue weighted by atomic mass is 19.4. The van der Waals surface area contributed by atoms with Crippen molar-refractivity contribution in [1.82, 2.24) is 9.97 Å². The molecule has 0 amide bonds. The summed E-state index contributed by atoms with van der Waals surface area (Å²) in [7, 11) is 0. The Morgan fingerprint density at radius 2 is 0.833 bits per heavy atom. The van der Waals surface area contributed by atoms with Crippen LogP contribution in [0.3, 0.4) is 0 Å². The highest BCUT2D eigenvalue weighted by molar-refractivity contribution is 5.19. The summed E-state index contributed by atoms with van der Waals surface area (Å²) in [6.07, 6.45) is -8.11. The summed E-state index contributed by atoms with van der Waals surface area (Å²) < 4.78 is 221. The van der Waals surface area contributed by atoms with Gasteiger partial charge < -0.3 is 4.98 Å². The number of nitrogens with zero attached hydrogens (tertiary/aromatic N) is 1. The van der Waals surface area contributed by atoms with Crippen LogP contribution in [0.1, 0.15) is 5.69 Å². The molecule has 1 N–H and O–H groups in total. The first-order chi connectivity index (χ1) is 12.9. The Bertz CT molecular complexity index is 744. The van der Waals surface area contributed by atoms with Crippen LogP contribution in [0.4, 0.5) is 74.6 Å². The van der Waals surface area contributed by atoms with Crippen LogP contribution in [0.15, 0.2) is 12.5 Å². The maximum atomic E-state index is 13.5. The van der Waals surface area contributed by atoms with Crippen molar-refractivity contribution in [2.45, 2.75) is 47.6 Å². The average Bonchev–Trinajstić information content (AvgIpc) is 3.07. The van der Waals surface area contributed by atoms with Crippen LogP contribution in [0.2, 0.25) is 0 Å². The molecule has 30 heavy (non-hydrogen) atoms. The molecule has 0 fully saturated rings. The molecule has 1 rings (SSSR count). The van der Waals surface area contributed by atoms with Crippen molar-refractivity contribution in [2.75, 3.05) is 0 Å². The fourth-order valence-electron chi connectivity index (χ4n) is 1.76. The van der Waals surface area contributed by atoms with E-state index in [1.54, 1.807) is 0 Å². The summed E-state index contributed by atoms with van der Waals surface area (Å²) in [5.41, 5.74) is -2.45. The molecule has 1 aromatic heterocycles. The molecular formula is C11H3F17N2. The molecule has 176 valence electrons. The summed E-state index contributed by atoms with van der Waals surface area (Å²) in [6, 6.07) is 0. The molecule has 1 aromatic rings. The fourth-order valence-corrected chi connectivity index (χ4v) is 1.76. The summed E-state index contributed by atoms with van der Waals surface area (Å²) in [4.78, 5) is 3.60. The lowest BCUT2D eigenvalue weighted by molar-refractivity contribution is -0.462. The Morgan fingerprint density at radius 1 is 0.500 bits per heavy atom. The van der Waals surface area contributed by atoms with Crippen LogP contribution in [0, 0.1) is 0 Å². The minimum Gasteiger partial charge on any atom is -0.343 e. The minimum atomic E-state index is -8.63. The number of halogens is 17. The molecule has 0 aromatic carbocycles. The van der Waals surface area contributed by atoms with Gasteiger partial charge in [0.05, 0.1) is 12.5 Å². The second kappa shape index (κ2) is 6.51. The first-order valence-electron chi connectivity index (χ1n) is 6.56. The van der Waals surface area contributed by atoms with E-state index in [2.05, 4.69) is 4.98 Å². The lowest BCUT2D eigenvalue weighted by atomic mass is 9.88. The quantitative estimate of drug-likeness (QED) is 0.480. The van der Waals surface area contributed by atoms with Gasteiger partial charge in [0.25, 0.3) is 0 Å². The molecule has 0 spiro atoms. The molecule has 0 aliphatic carbocycles. The molecule has 1 heterocycles. The Morgan fingerprint density at radius 3 is 1.13 bits per heavy atom. The van der Waals surface area contributed by atoms with Crippen molar-refractivity contribution in [3.8, 4) is 0 Å². The third-order valence-corrected chi connectivity index (χ3v) is 3.56. The van der Waals surface area contributed by atoms with E-state index in [0.717, 1.165) is 4.98 Å². The van der Waals surface area contributed by atoms with E-state index in [1.165, 1.54) is 0 Å². The molecule has 0 aliphatic rings. The number of aromatic amines is 1. The second-order valence-corrected chi connectivity index (χ2v) is 5.48. The smallest absolute Gasteiger partial charge is 0.343 e. The molecule has 19 heteroatoms. The molecule has 0 radical (unpaired) electrons. The number of alkyl halides is 17. The normalized spacial score (nSPS) is 16.2. The van der Waals surface area contributed by atoms with Crippen molar-refractivity contribution >= 4 is 0 Å². The summed E-state index contributed by atoms with van der Waals surface area (Å²) in [5.74, 6) is -56.5. The Labute approximate surface area is 152 Å². The van der Waals surface area contributed by atoms with Gasteiger partial charge >= 0.3 is 47.6 Å². The zero-order valence-corrected chi connectivity index (χ0v) is 13.0. The van der Waals surface area contributed by atoms with Crippen molar-refractivity contribution in [3.63, 3.8) is 0 Å². The van der Waals surface area contributed by atoms with E-state index >= 15 is 0 Å². The third-order valence-electron chi connectivity index (χ3n) is 3.56. The highest BCUT2D eigenvalue weighted by Crippen LogP contribution is 2.64. The van der Waals surface area contributed by atoms with E-state index < -0.39 is 59.5 Å². The first kappa shape index (κ1) is 26.1. The van der Waals surface area contributed by atoms with Gasteiger partial charge in [-0.2, -0.15) is 74.6 Å². The number of hydrogen-bond acceptors (Lipinski definition) is 1. The van der Waals surface area contributed by atoms with Gasteiger partial charge in [-0.25, -0.2) is 4.98 Å². The van der Waals surface area contributed by atoms with Crippen LogP contribution in [0.25, 0.3) is 0 Å². The fraction of sp³-hybridized carbons (Fsp3) is 0.727. The van der Waals surface area contributed by atoms with Crippen LogP contribution >= 0.6 is 0 Å². The van der Waals surface area contributed by atoms with Crippen molar-refractivity contribution in [3.05, 3.63) is 18.2 Å². The van der Waals surface area contributed by atoms with Gasteiger partial charge in [-0.1, -0.05) is 0 Å². The minimum absolute atomic E-state index is 0.0717. The van der Waals surface area contributed by atoms with Gasteiger partial charge in [-0.05, 0) is 0 Å². The van der Waals surface area contributed by atoms with Gasteiger partial charge in [0.15, 0.2) is 0 Å². The predicted molar refractivity (Wildman–Crippen MR) is 58.2 cm³/mol. The maximum absolute atomic E-state index is 13.5. The Kier molecular flexibility index (Phi) is 5.65. The van der Waals surface area contributed by atoms with E-state index in [-0.39, 0.29) is 6.33 Å². The molecular weight excluding hydrogens is 483 g/mol. The number of rotatable bonds is 7. The van der Waals surface area contributed by atoms with E-state index in [9.17, 15) is 74.6 Å². The third kappa shape index (κ3) is 2.97. The summed E-state index contributed by atoms with van der Waals surface area (Å²) in [6.45, 7) is 0. The van der Waals surface area contributed by atoms with Gasteiger partial charge in [-0.15, -0.1) is 0 Å². The standard InChI is InChI=1S/C11H3F17N2/c12-4(13,3-1-29-2-30-3)5(14,15)6(16,17)7(18,19)8(20,21)9(22,23)10(24,25)11(26,27)28/h1-2H,(H,29,30). The second-order valence-electron chi connectivity index (χ2n) is 5.48. The molecule has 2 nitrogen and oxygen atoms in total. The topological polar surface area (TPSA) is 28.7 Å². The van der Waals surface area contributed by atoms with Gasteiger partial charge in [-0.3, -0.25) is 0 Å². The summed E-state index contributed by atoms with van der Waals surface area (Å²) in [5, 5.41) is 0. The van der Waals surface area contributed by atoms with Crippen molar-refractivity contribution < 1.29 is 74.6 Å². The largest absolute Gasteiger partial charge is 0.460 e. The van der Waals surface area contributed by atoms with Crippen LogP contribution in [-0.4, -0.2) is 51.7 Å². The van der Waals surface area contributed by atoms with Gasteiger partial charge in [0.1, 0.15) is 5.69 Å². The molecule has 0 saturated heterocycles. The summed E-state index contributed by atoms with van der Waals surface area (Å²) >= 11 is 0. The van der Waals surface area contributed by atoms with Crippen LogP contribution in [-0.2, 0) is 5.92 Å². The first-order valence-corrected chi connectivity index (χ1v) is 6.56. The van der Waals surface area contributed by atoms with Crippen LogP contribution < -0.4 is 0 Å². The molecule has 0 bridgehead atoms. The number of aromatic nitrogens is 2. The Balaban J connectivity index is 3.67.